The molecule has 0 N–H and O–H groups in total. The van der Waals surface area contributed by atoms with Crippen molar-refractivity contribution in [3.8, 4) is 11.5 Å². The number of ether oxygens (including phenoxy) is 4. The minimum Gasteiger partial charge on any atom is -0.497 e. The van der Waals surface area contributed by atoms with E-state index in [0.29, 0.717) is 0 Å². The molecular weight excluding hydrogens is 524 g/mol. The standard InChI is InChI=1S/C34H34N2O4.C2H6/c1-37-30-11-12-31-25(24-30)2-13-33-32(31)14-15-34(40-33,26-3-7-28(8-4-26)35-16-20-38-21-17-35)27-5-9-29(10-6-27)36-18-22-39-23-19-36;1-2/h2-15,24H,16-23H2,1H3;1-2H3. The van der Waals surface area contributed by atoms with Crippen molar-refractivity contribution in [2.24, 2.45) is 0 Å². The topological polar surface area (TPSA) is 43.4 Å². The van der Waals surface area contributed by atoms with E-state index in [-0.39, 0.29) is 0 Å². The van der Waals surface area contributed by atoms with Gasteiger partial charge in [0, 0.05) is 54.2 Å². The Balaban J connectivity index is 0.00000155. The van der Waals surface area contributed by atoms with Crippen molar-refractivity contribution >= 4 is 28.2 Å². The number of hydrogen-bond donors (Lipinski definition) is 0. The molecule has 0 atom stereocenters. The minimum atomic E-state index is -0.750. The number of fused-ring (bicyclic) bond motifs is 3. The number of hydrogen-bond acceptors (Lipinski definition) is 6. The monoisotopic (exact) mass is 564 g/mol. The van der Waals surface area contributed by atoms with Gasteiger partial charge in [0.25, 0.3) is 0 Å². The van der Waals surface area contributed by atoms with Crippen LogP contribution in [0.15, 0.2) is 84.9 Å². The summed E-state index contributed by atoms with van der Waals surface area (Å²) in [5.74, 6) is 1.72. The molecule has 0 radical (unpaired) electrons. The van der Waals surface area contributed by atoms with Crippen LogP contribution in [0.4, 0.5) is 11.4 Å². The Morgan fingerprint density at radius 3 is 1.74 bits per heavy atom. The normalized spacial score (nSPS) is 17.6. The Labute approximate surface area is 249 Å². The van der Waals surface area contributed by atoms with Crippen LogP contribution < -0.4 is 19.3 Å². The molecule has 4 aromatic carbocycles. The predicted octanol–water partition coefficient (Wildman–Crippen LogP) is 6.90. The third kappa shape index (κ3) is 5.33. The van der Waals surface area contributed by atoms with E-state index in [0.717, 1.165) is 91.6 Å². The number of nitrogens with zero attached hydrogens (tertiary/aromatic N) is 2. The van der Waals surface area contributed by atoms with Gasteiger partial charge in [-0.3, -0.25) is 0 Å². The van der Waals surface area contributed by atoms with Crippen LogP contribution in [0, 0.1) is 0 Å². The van der Waals surface area contributed by atoms with Crippen LogP contribution in [0.2, 0.25) is 0 Å². The molecule has 3 aliphatic rings. The summed E-state index contributed by atoms with van der Waals surface area (Å²) in [6, 6.07) is 28.1. The van der Waals surface area contributed by atoms with E-state index in [1.165, 1.54) is 11.4 Å². The highest BCUT2D eigenvalue weighted by molar-refractivity contribution is 5.94. The molecule has 218 valence electrons. The molecule has 4 aromatic rings. The van der Waals surface area contributed by atoms with Crippen molar-refractivity contribution in [3.63, 3.8) is 0 Å². The van der Waals surface area contributed by atoms with Crippen molar-refractivity contribution in [1.82, 2.24) is 0 Å². The van der Waals surface area contributed by atoms with Gasteiger partial charge in [-0.2, -0.15) is 0 Å². The van der Waals surface area contributed by atoms with Crippen molar-refractivity contribution in [1.29, 1.82) is 0 Å². The molecule has 0 amide bonds. The van der Waals surface area contributed by atoms with Crippen LogP contribution >= 0.6 is 0 Å². The summed E-state index contributed by atoms with van der Waals surface area (Å²) >= 11 is 0. The molecule has 2 fully saturated rings. The van der Waals surface area contributed by atoms with Crippen molar-refractivity contribution < 1.29 is 18.9 Å². The van der Waals surface area contributed by atoms with E-state index in [1.807, 2.05) is 19.9 Å². The van der Waals surface area contributed by atoms with Gasteiger partial charge < -0.3 is 28.7 Å². The number of benzene rings is 4. The molecule has 3 aliphatic heterocycles. The third-order valence-corrected chi connectivity index (χ3v) is 8.33. The molecule has 0 saturated carbocycles. The lowest BCUT2D eigenvalue weighted by molar-refractivity contribution is 0.122. The maximum atomic E-state index is 7.04. The van der Waals surface area contributed by atoms with E-state index >= 15 is 0 Å². The maximum absolute atomic E-state index is 7.04. The number of anilines is 2. The Morgan fingerprint density at radius 1 is 0.667 bits per heavy atom. The third-order valence-electron chi connectivity index (χ3n) is 8.33. The average Bonchev–Trinajstić information content (AvgIpc) is 3.09. The van der Waals surface area contributed by atoms with Crippen LogP contribution in [0.5, 0.6) is 11.5 Å². The van der Waals surface area contributed by atoms with Gasteiger partial charge in [-0.1, -0.05) is 44.2 Å². The van der Waals surface area contributed by atoms with E-state index in [2.05, 4.69) is 94.7 Å². The maximum Gasteiger partial charge on any atom is 0.178 e. The molecule has 0 spiro atoms. The molecule has 6 heteroatoms. The SMILES string of the molecule is CC.COc1ccc2c3c(ccc2c1)OC(c1ccc(N2CCOCC2)cc1)(c1ccc(N2CCOCC2)cc1)C=C3. The van der Waals surface area contributed by atoms with Crippen LogP contribution in [-0.4, -0.2) is 59.7 Å². The largest absolute Gasteiger partial charge is 0.497 e. The van der Waals surface area contributed by atoms with Gasteiger partial charge >= 0.3 is 0 Å². The molecular formula is C36H40N2O4. The number of morpholine rings is 2. The first-order valence-corrected chi connectivity index (χ1v) is 15.1. The zero-order chi connectivity index (χ0) is 28.9. The molecule has 7 rings (SSSR count). The van der Waals surface area contributed by atoms with Gasteiger partial charge in [-0.05, 0) is 71.5 Å². The summed E-state index contributed by atoms with van der Waals surface area (Å²) < 4.78 is 23.6. The highest BCUT2D eigenvalue weighted by Crippen LogP contribution is 2.45. The van der Waals surface area contributed by atoms with Crippen LogP contribution in [-0.2, 0) is 15.1 Å². The Morgan fingerprint density at radius 2 is 1.21 bits per heavy atom. The lowest BCUT2D eigenvalue weighted by atomic mass is 9.83. The number of rotatable bonds is 5. The fourth-order valence-electron chi connectivity index (χ4n) is 6.07. The van der Waals surface area contributed by atoms with Crippen LogP contribution in [0.1, 0.15) is 30.5 Å². The van der Waals surface area contributed by atoms with Crippen molar-refractivity contribution in [3.05, 3.63) is 102 Å². The van der Waals surface area contributed by atoms with E-state index < -0.39 is 5.60 Å². The Kier molecular flexibility index (Phi) is 8.36. The first-order valence-electron chi connectivity index (χ1n) is 15.1. The van der Waals surface area contributed by atoms with E-state index in [9.17, 15) is 0 Å². The smallest absolute Gasteiger partial charge is 0.178 e. The van der Waals surface area contributed by atoms with Gasteiger partial charge in [-0.15, -0.1) is 0 Å². The predicted molar refractivity (Wildman–Crippen MR) is 171 cm³/mol. The fraction of sp³-hybridized carbons (Fsp3) is 0.333. The fourth-order valence-corrected chi connectivity index (χ4v) is 6.07. The van der Waals surface area contributed by atoms with Gasteiger partial charge in [0.15, 0.2) is 5.60 Å². The lowest BCUT2D eigenvalue weighted by Crippen LogP contribution is -2.37. The van der Waals surface area contributed by atoms with Gasteiger partial charge in [-0.25, -0.2) is 0 Å². The quantitative estimate of drug-likeness (QED) is 0.263. The van der Waals surface area contributed by atoms with Gasteiger partial charge in [0.2, 0.25) is 0 Å². The van der Waals surface area contributed by atoms with Crippen LogP contribution in [0.25, 0.3) is 16.8 Å². The molecule has 0 unspecified atom stereocenters. The summed E-state index contributed by atoms with van der Waals surface area (Å²) in [7, 11) is 1.70. The van der Waals surface area contributed by atoms with Gasteiger partial charge in [0.05, 0.1) is 33.5 Å². The first-order chi connectivity index (χ1) is 20.7. The molecule has 0 aliphatic carbocycles. The second-order valence-corrected chi connectivity index (χ2v) is 10.5. The van der Waals surface area contributed by atoms with E-state index in [4.69, 9.17) is 18.9 Å². The minimum absolute atomic E-state index is 0.750. The van der Waals surface area contributed by atoms with Crippen molar-refractivity contribution in [2.45, 2.75) is 19.4 Å². The molecule has 42 heavy (non-hydrogen) atoms. The van der Waals surface area contributed by atoms with Crippen molar-refractivity contribution in [2.75, 3.05) is 69.5 Å². The number of methoxy groups -OCH3 is 1. The molecule has 2 saturated heterocycles. The molecule has 0 bridgehead atoms. The summed E-state index contributed by atoms with van der Waals surface area (Å²) in [4.78, 5) is 4.76. The van der Waals surface area contributed by atoms with Gasteiger partial charge in [0.1, 0.15) is 11.5 Å². The summed E-state index contributed by atoms with van der Waals surface area (Å²) in [6.45, 7) is 10.7. The molecule has 3 heterocycles. The summed E-state index contributed by atoms with van der Waals surface area (Å²) in [5, 5.41) is 2.28. The highest BCUT2D eigenvalue weighted by atomic mass is 16.5. The second kappa shape index (κ2) is 12.5. The zero-order valence-corrected chi connectivity index (χ0v) is 24.8. The Hall–Kier alpha value is -4.00. The molecule has 6 nitrogen and oxygen atoms in total. The molecule has 0 aromatic heterocycles. The van der Waals surface area contributed by atoms with E-state index in [1.54, 1.807) is 7.11 Å². The summed E-state index contributed by atoms with van der Waals surface area (Å²) in [5.41, 5.74) is 4.96. The summed E-state index contributed by atoms with van der Waals surface area (Å²) in [6.07, 6.45) is 4.44. The Bertz CT molecular complexity index is 1460. The second-order valence-electron chi connectivity index (χ2n) is 10.5. The first kappa shape index (κ1) is 28.1. The average molecular weight is 565 g/mol. The van der Waals surface area contributed by atoms with Crippen LogP contribution in [0.3, 0.4) is 0 Å². The lowest BCUT2D eigenvalue weighted by Gasteiger charge is -2.37. The highest BCUT2D eigenvalue weighted by Gasteiger charge is 2.37. The zero-order valence-electron chi connectivity index (χ0n) is 24.8.